The van der Waals surface area contributed by atoms with Gasteiger partial charge < -0.3 is 5.11 Å². The summed E-state index contributed by atoms with van der Waals surface area (Å²) in [5, 5.41) is 9.09. The average molecular weight is 152 g/mol. The van der Waals surface area contributed by atoms with E-state index < -0.39 is 5.97 Å². The second-order valence-electron chi connectivity index (χ2n) is 4.47. The topological polar surface area (TPSA) is 37.3 Å². The summed E-state index contributed by atoms with van der Waals surface area (Å²) >= 11 is 0. The summed E-state index contributed by atoms with van der Waals surface area (Å²) in [6, 6.07) is 0. The van der Waals surface area contributed by atoms with E-state index in [0.717, 1.165) is 24.7 Å². The standard InChI is InChI=1S/C9H12O2/c10-8(11)9-2-1-5(4-9)6-3-7(6)9/h5-7H,1-4H2,(H,10,11). The van der Waals surface area contributed by atoms with Gasteiger partial charge in [-0.1, -0.05) is 0 Å². The highest BCUT2D eigenvalue weighted by Gasteiger charge is 2.69. The highest BCUT2D eigenvalue weighted by atomic mass is 16.4. The summed E-state index contributed by atoms with van der Waals surface area (Å²) in [6.45, 7) is 0. The Bertz CT molecular complexity index is 236. The average Bonchev–Trinajstić information content (AvgIpc) is 2.60. The molecule has 4 atom stereocenters. The number of rotatable bonds is 1. The van der Waals surface area contributed by atoms with Crippen LogP contribution in [-0.4, -0.2) is 11.1 Å². The van der Waals surface area contributed by atoms with Gasteiger partial charge in [0.05, 0.1) is 5.41 Å². The van der Waals surface area contributed by atoms with Crippen molar-refractivity contribution in [3.05, 3.63) is 0 Å². The van der Waals surface area contributed by atoms with Gasteiger partial charge in [-0.15, -0.1) is 0 Å². The molecule has 0 saturated heterocycles. The summed E-state index contributed by atoms with van der Waals surface area (Å²) in [5.74, 6) is 1.68. The van der Waals surface area contributed by atoms with E-state index in [2.05, 4.69) is 0 Å². The largest absolute Gasteiger partial charge is 0.481 e. The van der Waals surface area contributed by atoms with Gasteiger partial charge in [-0.2, -0.15) is 0 Å². The number of aliphatic carboxylic acids is 1. The number of fused-ring (bicyclic) bond motifs is 5. The maximum absolute atomic E-state index is 11.0. The molecular formula is C9H12O2. The third-order valence-corrected chi connectivity index (χ3v) is 4.17. The van der Waals surface area contributed by atoms with E-state index in [1.54, 1.807) is 0 Å². The van der Waals surface area contributed by atoms with Crippen LogP contribution >= 0.6 is 0 Å². The lowest BCUT2D eigenvalue weighted by Gasteiger charge is -2.21. The van der Waals surface area contributed by atoms with E-state index in [4.69, 9.17) is 5.11 Å². The molecular weight excluding hydrogens is 140 g/mol. The van der Waals surface area contributed by atoms with Crippen molar-refractivity contribution in [1.82, 2.24) is 0 Å². The Balaban J connectivity index is 2.03. The predicted octanol–water partition coefficient (Wildman–Crippen LogP) is 1.51. The molecule has 3 rings (SSSR count). The summed E-state index contributed by atoms with van der Waals surface area (Å²) in [6.07, 6.45) is 4.37. The van der Waals surface area contributed by atoms with Crippen LogP contribution in [0, 0.1) is 23.2 Å². The van der Waals surface area contributed by atoms with Crippen LogP contribution in [0.2, 0.25) is 0 Å². The van der Waals surface area contributed by atoms with Crippen LogP contribution < -0.4 is 0 Å². The first-order valence-electron chi connectivity index (χ1n) is 4.47. The number of hydrogen-bond donors (Lipinski definition) is 1. The van der Waals surface area contributed by atoms with E-state index >= 15 is 0 Å². The Morgan fingerprint density at radius 1 is 1.55 bits per heavy atom. The van der Waals surface area contributed by atoms with Crippen molar-refractivity contribution in [2.45, 2.75) is 25.7 Å². The Morgan fingerprint density at radius 2 is 2.36 bits per heavy atom. The molecule has 0 aliphatic heterocycles. The quantitative estimate of drug-likeness (QED) is 0.618. The molecule has 60 valence electrons. The minimum atomic E-state index is -0.509. The molecule has 0 aromatic heterocycles. The molecule has 1 N–H and O–H groups in total. The van der Waals surface area contributed by atoms with E-state index in [1.165, 1.54) is 12.8 Å². The molecule has 0 aromatic rings. The highest BCUT2D eigenvalue weighted by molar-refractivity contribution is 5.77. The second-order valence-corrected chi connectivity index (χ2v) is 4.47. The first kappa shape index (κ1) is 6.04. The Labute approximate surface area is 65.6 Å². The molecule has 11 heavy (non-hydrogen) atoms. The maximum Gasteiger partial charge on any atom is 0.309 e. The molecule has 3 aliphatic carbocycles. The van der Waals surface area contributed by atoms with Crippen molar-refractivity contribution in [1.29, 1.82) is 0 Å². The molecule has 2 nitrogen and oxygen atoms in total. The van der Waals surface area contributed by atoms with E-state index in [9.17, 15) is 4.79 Å². The van der Waals surface area contributed by atoms with Gasteiger partial charge in [0.1, 0.15) is 0 Å². The van der Waals surface area contributed by atoms with Crippen molar-refractivity contribution < 1.29 is 9.90 Å². The van der Waals surface area contributed by atoms with Gasteiger partial charge in [-0.05, 0) is 43.4 Å². The van der Waals surface area contributed by atoms with Crippen molar-refractivity contribution >= 4 is 5.97 Å². The summed E-state index contributed by atoms with van der Waals surface area (Å²) < 4.78 is 0. The zero-order valence-electron chi connectivity index (χ0n) is 6.42. The van der Waals surface area contributed by atoms with Crippen LogP contribution in [0.5, 0.6) is 0 Å². The van der Waals surface area contributed by atoms with Gasteiger partial charge in [0.2, 0.25) is 0 Å². The lowest BCUT2D eigenvalue weighted by atomic mass is 9.82. The van der Waals surface area contributed by atoms with Crippen molar-refractivity contribution in [2.24, 2.45) is 23.2 Å². The van der Waals surface area contributed by atoms with Crippen molar-refractivity contribution in [2.75, 3.05) is 0 Å². The third kappa shape index (κ3) is 0.501. The van der Waals surface area contributed by atoms with Crippen LogP contribution in [-0.2, 0) is 4.79 Å². The molecule has 2 bridgehead atoms. The van der Waals surface area contributed by atoms with E-state index in [-0.39, 0.29) is 5.41 Å². The van der Waals surface area contributed by atoms with E-state index in [0.29, 0.717) is 5.92 Å². The van der Waals surface area contributed by atoms with Gasteiger partial charge in [-0.3, -0.25) is 4.79 Å². The highest BCUT2D eigenvalue weighted by Crippen LogP contribution is 2.72. The van der Waals surface area contributed by atoms with Gasteiger partial charge >= 0.3 is 5.97 Å². The third-order valence-electron chi connectivity index (χ3n) is 4.17. The molecule has 0 radical (unpaired) electrons. The normalized spacial score (nSPS) is 57.6. The molecule has 0 aromatic carbocycles. The van der Waals surface area contributed by atoms with Gasteiger partial charge in [-0.25, -0.2) is 0 Å². The number of carboxylic acid groups (broad SMARTS) is 1. The molecule has 3 fully saturated rings. The van der Waals surface area contributed by atoms with Crippen LogP contribution in [0.25, 0.3) is 0 Å². The molecule has 4 unspecified atom stereocenters. The van der Waals surface area contributed by atoms with Crippen molar-refractivity contribution in [3.63, 3.8) is 0 Å². The lowest BCUT2D eigenvalue weighted by Crippen LogP contribution is -2.28. The van der Waals surface area contributed by atoms with Crippen LogP contribution in [0.15, 0.2) is 0 Å². The van der Waals surface area contributed by atoms with E-state index in [1.807, 2.05) is 0 Å². The molecule has 3 saturated carbocycles. The fraction of sp³-hybridized carbons (Fsp3) is 0.889. The summed E-state index contributed by atoms with van der Waals surface area (Å²) in [4.78, 5) is 11.0. The number of carbonyl (C=O) groups is 1. The fourth-order valence-electron chi connectivity index (χ4n) is 3.54. The molecule has 0 heterocycles. The van der Waals surface area contributed by atoms with Crippen molar-refractivity contribution in [3.8, 4) is 0 Å². The monoisotopic (exact) mass is 152 g/mol. The number of hydrogen-bond acceptors (Lipinski definition) is 1. The van der Waals surface area contributed by atoms with Gasteiger partial charge in [0.25, 0.3) is 0 Å². The molecule has 3 aliphatic rings. The minimum Gasteiger partial charge on any atom is -0.481 e. The molecule has 2 heteroatoms. The van der Waals surface area contributed by atoms with Gasteiger partial charge in [0.15, 0.2) is 0 Å². The van der Waals surface area contributed by atoms with Crippen LogP contribution in [0.3, 0.4) is 0 Å². The van der Waals surface area contributed by atoms with Crippen LogP contribution in [0.4, 0.5) is 0 Å². The lowest BCUT2D eigenvalue weighted by molar-refractivity contribution is -0.149. The zero-order chi connectivity index (χ0) is 7.64. The molecule has 0 spiro atoms. The summed E-state index contributed by atoms with van der Waals surface area (Å²) in [5.41, 5.74) is -0.241. The Hall–Kier alpha value is -0.530. The smallest absolute Gasteiger partial charge is 0.309 e. The Kier molecular flexibility index (Phi) is 0.809. The maximum atomic E-state index is 11.0. The predicted molar refractivity (Wildman–Crippen MR) is 39.0 cm³/mol. The van der Waals surface area contributed by atoms with Gasteiger partial charge in [0, 0.05) is 0 Å². The fourth-order valence-corrected chi connectivity index (χ4v) is 3.54. The number of carboxylic acids is 1. The minimum absolute atomic E-state index is 0.241. The first-order valence-corrected chi connectivity index (χ1v) is 4.47. The van der Waals surface area contributed by atoms with Crippen LogP contribution in [0.1, 0.15) is 25.7 Å². The first-order chi connectivity index (χ1) is 5.24. The Morgan fingerprint density at radius 3 is 2.82 bits per heavy atom. The zero-order valence-corrected chi connectivity index (χ0v) is 6.42. The summed E-state index contributed by atoms with van der Waals surface area (Å²) in [7, 11) is 0. The molecule has 0 amide bonds. The second kappa shape index (κ2) is 1.47. The SMILES string of the molecule is O=C(O)C12CCC(C1)C1CC12.